The first-order valence-corrected chi connectivity index (χ1v) is 8.07. The summed E-state index contributed by atoms with van der Waals surface area (Å²) in [6, 6.07) is -0.888. The Hall–Kier alpha value is -2.18. The number of aliphatic hydroxyl groups is 1. The zero-order chi connectivity index (χ0) is 18.3. The van der Waals surface area contributed by atoms with Gasteiger partial charge in [0.25, 0.3) is 0 Å². The van der Waals surface area contributed by atoms with E-state index < -0.39 is 12.0 Å². The first-order valence-electron chi connectivity index (χ1n) is 8.07. The van der Waals surface area contributed by atoms with Crippen molar-refractivity contribution < 1.29 is 24.6 Å². The van der Waals surface area contributed by atoms with Crippen LogP contribution in [0.25, 0.3) is 0 Å². The molecule has 0 aromatic carbocycles. The van der Waals surface area contributed by atoms with Gasteiger partial charge in [-0.2, -0.15) is 0 Å². The minimum atomic E-state index is -1.06. The summed E-state index contributed by atoms with van der Waals surface area (Å²) >= 11 is 0. The van der Waals surface area contributed by atoms with E-state index in [4.69, 9.17) is 5.11 Å². The van der Waals surface area contributed by atoms with Crippen LogP contribution in [0.2, 0.25) is 0 Å². The Kier molecular flexibility index (Phi) is 7.13. The molecular weight excluding hydrogens is 312 g/mol. The SMILES string of the molecule is CC(=NCCCC[C@H](NC=O)C(=O)O)C1=C(O)CC(C)(C)CC1=O. The highest BCUT2D eigenvalue weighted by Gasteiger charge is 2.33. The molecule has 0 radical (unpaired) electrons. The number of allylic oxidation sites excluding steroid dienone is 2. The van der Waals surface area contributed by atoms with Gasteiger partial charge < -0.3 is 15.5 Å². The second-order valence-corrected chi connectivity index (χ2v) is 6.90. The Morgan fingerprint density at radius 3 is 2.58 bits per heavy atom. The van der Waals surface area contributed by atoms with E-state index >= 15 is 0 Å². The number of hydrogen-bond acceptors (Lipinski definition) is 5. The molecule has 1 rings (SSSR count). The molecule has 0 aliphatic heterocycles. The van der Waals surface area contributed by atoms with E-state index in [0.717, 1.165) is 0 Å². The fourth-order valence-electron chi connectivity index (χ4n) is 2.85. The number of unbranched alkanes of at least 4 members (excludes halogenated alkanes) is 1. The number of aliphatic imine (C=N–C) groups is 1. The van der Waals surface area contributed by atoms with Gasteiger partial charge in [0.2, 0.25) is 6.41 Å². The minimum absolute atomic E-state index is 0.0916. The molecule has 1 atom stereocenters. The molecule has 134 valence electrons. The third-order valence-electron chi connectivity index (χ3n) is 4.03. The first kappa shape index (κ1) is 19.9. The van der Waals surface area contributed by atoms with Crippen molar-refractivity contribution in [2.45, 2.75) is 58.9 Å². The third kappa shape index (κ3) is 5.79. The second-order valence-electron chi connectivity index (χ2n) is 6.90. The van der Waals surface area contributed by atoms with Gasteiger partial charge in [-0.05, 0) is 31.6 Å². The van der Waals surface area contributed by atoms with Crippen LogP contribution in [0.4, 0.5) is 0 Å². The summed E-state index contributed by atoms with van der Waals surface area (Å²) in [5.74, 6) is -1.06. The fourth-order valence-corrected chi connectivity index (χ4v) is 2.85. The van der Waals surface area contributed by atoms with Crippen LogP contribution in [0.3, 0.4) is 0 Å². The number of carbonyl (C=O) groups excluding carboxylic acids is 2. The minimum Gasteiger partial charge on any atom is -0.511 e. The van der Waals surface area contributed by atoms with Crippen LogP contribution in [0, 0.1) is 5.41 Å². The molecule has 7 nitrogen and oxygen atoms in total. The zero-order valence-electron chi connectivity index (χ0n) is 14.5. The smallest absolute Gasteiger partial charge is 0.326 e. The summed E-state index contributed by atoms with van der Waals surface area (Å²) in [5.41, 5.74) is 0.608. The highest BCUT2D eigenvalue weighted by molar-refractivity contribution is 6.22. The Labute approximate surface area is 141 Å². The van der Waals surface area contributed by atoms with Gasteiger partial charge in [-0.1, -0.05) is 13.8 Å². The molecule has 0 aromatic heterocycles. The number of ketones is 1. The lowest BCUT2D eigenvalue weighted by molar-refractivity contribution is -0.140. The van der Waals surface area contributed by atoms with Crippen LogP contribution in [-0.2, 0) is 14.4 Å². The molecule has 0 aromatic rings. The molecule has 1 aliphatic carbocycles. The number of carboxylic acid groups (broad SMARTS) is 1. The van der Waals surface area contributed by atoms with Crippen LogP contribution in [0.5, 0.6) is 0 Å². The Morgan fingerprint density at radius 2 is 2.04 bits per heavy atom. The molecule has 0 unspecified atom stereocenters. The number of amides is 1. The number of aliphatic hydroxyl groups excluding tert-OH is 1. The average molecular weight is 338 g/mol. The standard InChI is InChI=1S/C17H26N2O5/c1-11(15-13(21)8-17(2,3)9-14(15)22)18-7-5-4-6-12(16(23)24)19-10-20/h10,12,21H,4-9H2,1-3H3,(H,19,20)(H,23,24)/t12-/m0/s1. The number of hydrogen-bond donors (Lipinski definition) is 3. The van der Waals surface area contributed by atoms with Crippen molar-refractivity contribution >= 4 is 23.9 Å². The maximum Gasteiger partial charge on any atom is 0.326 e. The number of Topliss-reactive ketones (excluding diaryl/α,β-unsaturated/α-hetero) is 1. The summed E-state index contributed by atoms with van der Waals surface area (Å²) in [7, 11) is 0. The Morgan fingerprint density at radius 1 is 1.38 bits per heavy atom. The molecule has 0 saturated heterocycles. The van der Waals surface area contributed by atoms with Crippen molar-refractivity contribution in [3.05, 3.63) is 11.3 Å². The molecule has 1 amide bonds. The van der Waals surface area contributed by atoms with Gasteiger partial charge in [-0.15, -0.1) is 0 Å². The fraction of sp³-hybridized carbons (Fsp3) is 0.647. The molecule has 0 fully saturated rings. The van der Waals surface area contributed by atoms with Crippen LogP contribution >= 0.6 is 0 Å². The topological polar surface area (TPSA) is 116 Å². The van der Waals surface area contributed by atoms with Crippen molar-refractivity contribution in [2.24, 2.45) is 10.4 Å². The van der Waals surface area contributed by atoms with Gasteiger partial charge in [-0.25, -0.2) is 4.79 Å². The molecular formula is C17H26N2O5. The van der Waals surface area contributed by atoms with Crippen molar-refractivity contribution in [3.63, 3.8) is 0 Å². The van der Waals surface area contributed by atoms with E-state index in [1.165, 1.54) is 0 Å². The molecule has 24 heavy (non-hydrogen) atoms. The molecule has 1 aliphatic rings. The Balaban J connectivity index is 2.54. The van der Waals surface area contributed by atoms with Gasteiger partial charge in [0, 0.05) is 25.1 Å². The third-order valence-corrected chi connectivity index (χ3v) is 4.03. The highest BCUT2D eigenvalue weighted by Crippen LogP contribution is 2.36. The first-order chi connectivity index (χ1) is 11.2. The number of carboxylic acids is 1. The maximum atomic E-state index is 12.2. The summed E-state index contributed by atoms with van der Waals surface area (Å²) in [5, 5.41) is 21.3. The van der Waals surface area contributed by atoms with Gasteiger partial charge >= 0.3 is 5.97 Å². The average Bonchev–Trinajstić information content (AvgIpc) is 2.43. The van der Waals surface area contributed by atoms with Crippen LogP contribution in [0.15, 0.2) is 16.3 Å². The monoisotopic (exact) mass is 338 g/mol. The largest absolute Gasteiger partial charge is 0.511 e. The van der Waals surface area contributed by atoms with Gasteiger partial charge in [0.1, 0.15) is 11.8 Å². The van der Waals surface area contributed by atoms with Crippen LogP contribution in [0.1, 0.15) is 52.9 Å². The van der Waals surface area contributed by atoms with E-state index in [2.05, 4.69) is 10.3 Å². The highest BCUT2D eigenvalue weighted by atomic mass is 16.4. The molecule has 0 spiro atoms. The summed E-state index contributed by atoms with van der Waals surface area (Å²) in [6.07, 6.45) is 2.77. The number of rotatable bonds is 9. The van der Waals surface area contributed by atoms with E-state index in [9.17, 15) is 19.5 Å². The maximum absolute atomic E-state index is 12.2. The van der Waals surface area contributed by atoms with Gasteiger partial charge in [-0.3, -0.25) is 14.6 Å². The molecule has 0 bridgehead atoms. The lowest BCUT2D eigenvalue weighted by atomic mass is 9.76. The van der Waals surface area contributed by atoms with Crippen molar-refractivity contribution in [2.75, 3.05) is 6.54 Å². The van der Waals surface area contributed by atoms with E-state index in [1.54, 1.807) is 6.92 Å². The molecule has 0 heterocycles. The molecule has 3 N–H and O–H groups in total. The van der Waals surface area contributed by atoms with Crippen LogP contribution < -0.4 is 5.32 Å². The lowest BCUT2D eigenvalue weighted by Crippen LogP contribution is -2.35. The number of aliphatic carboxylic acids is 1. The lowest BCUT2D eigenvalue weighted by Gasteiger charge is -2.29. The number of nitrogens with zero attached hydrogens (tertiary/aromatic N) is 1. The molecule has 7 heteroatoms. The van der Waals surface area contributed by atoms with E-state index in [1.807, 2.05) is 13.8 Å². The Bertz CT molecular complexity index is 563. The summed E-state index contributed by atoms with van der Waals surface area (Å²) < 4.78 is 0. The zero-order valence-corrected chi connectivity index (χ0v) is 14.5. The van der Waals surface area contributed by atoms with Crippen LogP contribution in [-0.4, -0.2) is 46.7 Å². The van der Waals surface area contributed by atoms with E-state index in [0.29, 0.717) is 56.3 Å². The number of nitrogens with one attached hydrogen (secondary N) is 1. The molecule has 0 saturated carbocycles. The van der Waals surface area contributed by atoms with Crippen molar-refractivity contribution in [3.8, 4) is 0 Å². The van der Waals surface area contributed by atoms with Crippen molar-refractivity contribution in [1.29, 1.82) is 0 Å². The van der Waals surface area contributed by atoms with Gasteiger partial charge in [0.15, 0.2) is 5.78 Å². The van der Waals surface area contributed by atoms with Gasteiger partial charge in [0.05, 0.1) is 5.57 Å². The predicted molar refractivity (Wildman–Crippen MR) is 90.1 cm³/mol. The summed E-state index contributed by atoms with van der Waals surface area (Å²) in [4.78, 5) is 37.7. The second kappa shape index (κ2) is 8.61. The summed E-state index contributed by atoms with van der Waals surface area (Å²) in [6.45, 7) is 6.02. The quantitative estimate of drug-likeness (QED) is 0.338. The number of carbonyl (C=O) groups is 3. The van der Waals surface area contributed by atoms with Crippen molar-refractivity contribution in [1.82, 2.24) is 5.32 Å². The predicted octanol–water partition coefficient (Wildman–Crippen LogP) is 2.02. The normalized spacial score (nSPS) is 19.1. The van der Waals surface area contributed by atoms with E-state index in [-0.39, 0.29) is 17.0 Å².